The lowest BCUT2D eigenvalue weighted by Crippen LogP contribution is -2.31. The molecule has 1 aromatic carbocycles. The van der Waals surface area contributed by atoms with Crippen LogP contribution in [-0.4, -0.2) is 53.8 Å². The first kappa shape index (κ1) is 16.0. The predicted octanol–water partition coefficient (Wildman–Crippen LogP) is -0.148. The van der Waals surface area contributed by atoms with E-state index < -0.39 is 5.97 Å². The molecular formula is C15H18N2O5. The number of β-amino-alcohol motifs (C(OH)–C–C–N with tert-alkyl or cyclic N) is 1. The lowest BCUT2D eigenvalue weighted by molar-refractivity contribution is -0.136. The van der Waals surface area contributed by atoms with E-state index in [0.29, 0.717) is 5.69 Å². The van der Waals surface area contributed by atoms with Crippen molar-refractivity contribution in [2.45, 2.75) is 6.61 Å². The Morgan fingerprint density at radius 1 is 1.32 bits per heavy atom. The van der Waals surface area contributed by atoms with Crippen molar-refractivity contribution in [3.8, 4) is 0 Å². The Kier molecular flexibility index (Phi) is 5.13. The van der Waals surface area contributed by atoms with Crippen LogP contribution in [0.15, 0.2) is 35.5 Å². The SMILES string of the molecule is COC(=O)C1=C(Nc2ccc(CO)cc2)C(=O)N(CCO)C1. The third kappa shape index (κ3) is 3.26. The summed E-state index contributed by atoms with van der Waals surface area (Å²) >= 11 is 0. The van der Waals surface area contributed by atoms with Crippen LogP contribution in [0.3, 0.4) is 0 Å². The van der Waals surface area contributed by atoms with Crippen LogP contribution in [0.25, 0.3) is 0 Å². The number of hydrogen-bond donors (Lipinski definition) is 3. The standard InChI is InChI=1S/C15H18N2O5/c1-22-15(21)12-8-17(6-7-18)14(20)13(12)16-11-4-2-10(9-19)3-5-11/h2-5,16,18-19H,6-9H2,1H3. The Hall–Kier alpha value is -2.38. The van der Waals surface area contributed by atoms with E-state index in [0.717, 1.165) is 5.56 Å². The molecule has 1 heterocycles. The van der Waals surface area contributed by atoms with Crippen molar-refractivity contribution >= 4 is 17.6 Å². The number of nitrogens with zero attached hydrogens (tertiary/aromatic N) is 1. The highest BCUT2D eigenvalue weighted by molar-refractivity contribution is 6.08. The van der Waals surface area contributed by atoms with Crippen molar-refractivity contribution in [1.82, 2.24) is 4.90 Å². The van der Waals surface area contributed by atoms with Crippen molar-refractivity contribution in [3.05, 3.63) is 41.1 Å². The van der Waals surface area contributed by atoms with Gasteiger partial charge in [-0.25, -0.2) is 4.79 Å². The zero-order valence-corrected chi connectivity index (χ0v) is 12.2. The maximum Gasteiger partial charge on any atom is 0.337 e. The molecule has 1 aliphatic heterocycles. The van der Waals surface area contributed by atoms with Crippen LogP contribution in [-0.2, 0) is 20.9 Å². The van der Waals surface area contributed by atoms with Gasteiger partial charge in [-0.2, -0.15) is 0 Å². The number of nitrogens with one attached hydrogen (secondary N) is 1. The van der Waals surface area contributed by atoms with Crippen LogP contribution in [0.5, 0.6) is 0 Å². The smallest absolute Gasteiger partial charge is 0.337 e. The first-order valence-corrected chi connectivity index (χ1v) is 6.79. The van der Waals surface area contributed by atoms with Crippen LogP contribution in [0.1, 0.15) is 5.56 Å². The van der Waals surface area contributed by atoms with Crippen LogP contribution in [0.2, 0.25) is 0 Å². The number of ether oxygens (including phenoxy) is 1. The average molecular weight is 306 g/mol. The van der Waals surface area contributed by atoms with Gasteiger partial charge in [-0.3, -0.25) is 4.79 Å². The summed E-state index contributed by atoms with van der Waals surface area (Å²) in [5.41, 5.74) is 1.74. The number of carbonyl (C=O) groups is 2. The number of benzene rings is 1. The van der Waals surface area contributed by atoms with Gasteiger partial charge < -0.3 is 25.2 Å². The summed E-state index contributed by atoms with van der Waals surface area (Å²) in [7, 11) is 1.25. The number of rotatable bonds is 6. The molecule has 0 saturated carbocycles. The van der Waals surface area contributed by atoms with Crippen molar-refractivity contribution in [3.63, 3.8) is 0 Å². The highest BCUT2D eigenvalue weighted by Crippen LogP contribution is 2.22. The van der Waals surface area contributed by atoms with E-state index in [1.165, 1.54) is 12.0 Å². The van der Waals surface area contributed by atoms with Crippen LogP contribution in [0, 0.1) is 0 Å². The molecule has 0 bridgehead atoms. The second-order valence-corrected chi connectivity index (χ2v) is 4.78. The fourth-order valence-electron chi connectivity index (χ4n) is 2.19. The van der Waals surface area contributed by atoms with Gasteiger partial charge in [0.05, 0.1) is 32.4 Å². The Bertz CT molecular complexity index is 594. The molecule has 0 fully saturated rings. The van der Waals surface area contributed by atoms with E-state index >= 15 is 0 Å². The van der Waals surface area contributed by atoms with Crippen molar-refractivity contribution in [1.29, 1.82) is 0 Å². The van der Waals surface area contributed by atoms with Gasteiger partial charge >= 0.3 is 5.97 Å². The van der Waals surface area contributed by atoms with Crippen LogP contribution < -0.4 is 5.32 Å². The van der Waals surface area contributed by atoms with E-state index in [4.69, 9.17) is 14.9 Å². The Morgan fingerprint density at radius 2 is 2.00 bits per heavy atom. The van der Waals surface area contributed by atoms with Crippen molar-refractivity contribution in [2.24, 2.45) is 0 Å². The predicted molar refractivity (Wildman–Crippen MR) is 78.7 cm³/mol. The average Bonchev–Trinajstić information content (AvgIpc) is 2.85. The highest BCUT2D eigenvalue weighted by Gasteiger charge is 2.34. The van der Waals surface area contributed by atoms with E-state index in [1.54, 1.807) is 24.3 Å². The number of hydrogen-bond acceptors (Lipinski definition) is 6. The Morgan fingerprint density at radius 3 is 2.55 bits per heavy atom. The number of esters is 1. The molecule has 1 aromatic rings. The van der Waals surface area contributed by atoms with Crippen LogP contribution >= 0.6 is 0 Å². The minimum Gasteiger partial charge on any atom is -0.466 e. The van der Waals surface area contributed by atoms with Gasteiger partial charge in [0, 0.05) is 12.2 Å². The van der Waals surface area contributed by atoms with E-state index in [9.17, 15) is 9.59 Å². The van der Waals surface area contributed by atoms with Crippen molar-refractivity contribution < 1.29 is 24.5 Å². The van der Waals surface area contributed by atoms with Crippen LogP contribution in [0.4, 0.5) is 5.69 Å². The number of amides is 1. The second kappa shape index (κ2) is 7.06. The summed E-state index contributed by atoms with van der Waals surface area (Å²) in [6.45, 7) is -0.00462. The van der Waals surface area contributed by atoms with E-state index in [1.807, 2.05) is 0 Å². The largest absolute Gasteiger partial charge is 0.466 e. The summed E-state index contributed by atoms with van der Waals surface area (Å²) in [6.07, 6.45) is 0. The minimum atomic E-state index is -0.580. The normalized spacial score (nSPS) is 14.5. The first-order chi connectivity index (χ1) is 10.6. The van der Waals surface area contributed by atoms with Crippen molar-refractivity contribution in [2.75, 3.05) is 32.1 Å². The van der Waals surface area contributed by atoms with Gasteiger partial charge in [0.15, 0.2) is 0 Å². The van der Waals surface area contributed by atoms with Gasteiger partial charge in [-0.1, -0.05) is 12.1 Å². The molecular weight excluding hydrogens is 288 g/mol. The third-order valence-corrected chi connectivity index (χ3v) is 3.36. The molecule has 0 radical (unpaired) electrons. The third-order valence-electron chi connectivity index (χ3n) is 3.36. The number of aliphatic hydroxyl groups is 2. The molecule has 0 atom stereocenters. The maximum absolute atomic E-state index is 12.3. The minimum absolute atomic E-state index is 0.0698. The van der Waals surface area contributed by atoms with E-state index in [2.05, 4.69) is 5.32 Å². The highest BCUT2D eigenvalue weighted by atomic mass is 16.5. The molecule has 0 aromatic heterocycles. The van der Waals surface area contributed by atoms with Gasteiger partial charge in [-0.15, -0.1) is 0 Å². The molecule has 2 rings (SSSR count). The number of aliphatic hydroxyl groups excluding tert-OH is 2. The van der Waals surface area contributed by atoms with Gasteiger partial charge in [0.25, 0.3) is 5.91 Å². The lowest BCUT2D eigenvalue weighted by atomic mass is 10.2. The topological polar surface area (TPSA) is 99.1 Å². The fraction of sp³-hybridized carbons (Fsp3) is 0.333. The molecule has 3 N–H and O–H groups in total. The zero-order valence-electron chi connectivity index (χ0n) is 12.2. The van der Waals surface area contributed by atoms with E-state index in [-0.39, 0.29) is 43.5 Å². The molecule has 0 spiro atoms. The summed E-state index contributed by atoms with van der Waals surface area (Å²) in [6, 6.07) is 6.84. The Labute approximate surface area is 127 Å². The monoisotopic (exact) mass is 306 g/mol. The van der Waals surface area contributed by atoms with Gasteiger partial charge in [0.2, 0.25) is 0 Å². The molecule has 0 saturated heterocycles. The zero-order chi connectivity index (χ0) is 16.1. The maximum atomic E-state index is 12.3. The molecule has 1 amide bonds. The molecule has 1 aliphatic rings. The first-order valence-electron chi connectivity index (χ1n) is 6.79. The fourth-order valence-corrected chi connectivity index (χ4v) is 2.19. The summed E-state index contributed by atoms with van der Waals surface area (Å²) in [4.78, 5) is 25.5. The quantitative estimate of drug-likeness (QED) is 0.632. The summed E-state index contributed by atoms with van der Waals surface area (Å²) in [5.74, 6) is -0.941. The van der Waals surface area contributed by atoms with Gasteiger partial charge in [-0.05, 0) is 17.7 Å². The number of anilines is 1. The van der Waals surface area contributed by atoms with Gasteiger partial charge in [0.1, 0.15) is 5.70 Å². The molecule has 0 aliphatic carbocycles. The second-order valence-electron chi connectivity index (χ2n) is 4.78. The lowest BCUT2D eigenvalue weighted by Gasteiger charge is -2.15. The summed E-state index contributed by atoms with van der Waals surface area (Å²) in [5, 5.41) is 20.9. The Balaban J connectivity index is 2.25. The molecule has 7 heteroatoms. The number of methoxy groups -OCH3 is 1. The molecule has 118 valence electrons. The molecule has 0 unspecified atom stereocenters. The number of carbonyl (C=O) groups excluding carboxylic acids is 2. The molecule has 22 heavy (non-hydrogen) atoms. The summed E-state index contributed by atoms with van der Waals surface area (Å²) < 4.78 is 4.70. The molecule has 7 nitrogen and oxygen atoms in total.